The van der Waals surface area contributed by atoms with Crippen LogP contribution in [0.25, 0.3) is 17.3 Å². The standard InChI is InChI=1S/C23H18ClN3O3S/c24-17-6-8-18(9-7-17)27-22(29)20(14-16-4-2-1-3-5-16)31-23(27)19(15-25)21(28)26-10-12-30-13-11-26/h1-9,14H,10-13H2/b20-14+,23-19-. The van der Waals surface area contributed by atoms with E-state index in [0.717, 1.165) is 16.9 Å². The third-order valence-corrected chi connectivity index (χ3v) is 6.19. The number of carbonyl (C=O) groups excluding carboxylic acids is 1. The summed E-state index contributed by atoms with van der Waals surface area (Å²) in [4.78, 5) is 28.0. The molecule has 2 aromatic carbocycles. The fraction of sp³-hybridized carbons (Fsp3) is 0.174. The average Bonchev–Trinajstić information content (AvgIpc) is 3.11. The van der Waals surface area contributed by atoms with Gasteiger partial charge in [-0.3, -0.25) is 14.2 Å². The van der Waals surface area contributed by atoms with E-state index in [9.17, 15) is 14.9 Å². The van der Waals surface area contributed by atoms with Crippen molar-refractivity contribution in [3.05, 3.63) is 84.7 Å². The van der Waals surface area contributed by atoms with E-state index in [1.54, 1.807) is 35.2 Å². The van der Waals surface area contributed by atoms with Crippen LogP contribution in [-0.4, -0.2) is 41.7 Å². The van der Waals surface area contributed by atoms with Gasteiger partial charge in [0.2, 0.25) is 0 Å². The number of hydrogen-bond acceptors (Lipinski definition) is 5. The van der Waals surface area contributed by atoms with Crippen LogP contribution in [0, 0.1) is 11.3 Å². The smallest absolute Gasteiger partial charge is 0.273 e. The fourth-order valence-electron chi connectivity index (χ4n) is 3.29. The summed E-state index contributed by atoms with van der Waals surface area (Å²) in [5.41, 5.74) is 1.03. The molecule has 4 rings (SSSR count). The number of halogens is 1. The zero-order chi connectivity index (χ0) is 21.8. The summed E-state index contributed by atoms with van der Waals surface area (Å²) in [6.45, 7) is 1.66. The van der Waals surface area contributed by atoms with Gasteiger partial charge < -0.3 is 9.64 Å². The lowest BCUT2D eigenvalue weighted by molar-refractivity contribution is -0.128. The molecule has 1 aliphatic rings. The molecule has 3 aromatic rings. The molecule has 1 aliphatic heterocycles. The van der Waals surface area contributed by atoms with Gasteiger partial charge in [0.25, 0.3) is 11.5 Å². The Morgan fingerprint density at radius 2 is 1.77 bits per heavy atom. The van der Waals surface area contributed by atoms with Crippen LogP contribution >= 0.6 is 22.9 Å². The molecule has 1 saturated heterocycles. The minimum absolute atomic E-state index is 0.0633. The largest absolute Gasteiger partial charge is 0.378 e. The van der Waals surface area contributed by atoms with E-state index < -0.39 is 5.91 Å². The highest BCUT2D eigenvalue weighted by Gasteiger charge is 2.23. The van der Waals surface area contributed by atoms with Crippen molar-refractivity contribution in [2.75, 3.05) is 26.3 Å². The summed E-state index contributed by atoms with van der Waals surface area (Å²) in [5.74, 6) is -0.402. The van der Waals surface area contributed by atoms with Crippen LogP contribution in [0.5, 0.6) is 0 Å². The number of benzene rings is 2. The minimum Gasteiger partial charge on any atom is -0.378 e. The Morgan fingerprint density at radius 1 is 1.10 bits per heavy atom. The Hall–Kier alpha value is -3.18. The molecule has 8 heteroatoms. The molecule has 1 fully saturated rings. The number of rotatable bonds is 3. The van der Waals surface area contributed by atoms with Gasteiger partial charge in [0, 0.05) is 18.1 Å². The van der Waals surface area contributed by atoms with Crippen molar-refractivity contribution in [1.82, 2.24) is 9.47 Å². The number of hydrogen-bond donors (Lipinski definition) is 0. The third kappa shape index (κ3) is 4.47. The molecule has 31 heavy (non-hydrogen) atoms. The number of aromatic nitrogens is 1. The summed E-state index contributed by atoms with van der Waals surface area (Å²) < 4.78 is 7.44. The first-order valence-corrected chi connectivity index (χ1v) is 10.8. The lowest BCUT2D eigenvalue weighted by Gasteiger charge is -2.26. The van der Waals surface area contributed by atoms with Crippen LogP contribution in [0.15, 0.2) is 59.4 Å². The molecular formula is C23H18ClN3O3S. The normalized spacial score (nSPS) is 15.5. The summed E-state index contributed by atoms with van der Waals surface area (Å²) in [7, 11) is 0. The van der Waals surface area contributed by atoms with Crippen LogP contribution in [0.4, 0.5) is 0 Å². The highest BCUT2D eigenvalue weighted by Crippen LogP contribution is 2.12. The number of amides is 1. The zero-order valence-electron chi connectivity index (χ0n) is 16.5. The van der Waals surface area contributed by atoms with E-state index >= 15 is 0 Å². The first-order chi connectivity index (χ1) is 15.1. The molecule has 2 heterocycles. The number of carbonyl (C=O) groups is 1. The van der Waals surface area contributed by atoms with Gasteiger partial charge in [-0.1, -0.05) is 41.9 Å². The predicted molar refractivity (Wildman–Crippen MR) is 121 cm³/mol. The second-order valence-electron chi connectivity index (χ2n) is 6.83. The number of nitrogens with zero attached hydrogens (tertiary/aromatic N) is 3. The van der Waals surface area contributed by atoms with Crippen molar-refractivity contribution in [2.45, 2.75) is 0 Å². The van der Waals surface area contributed by atoms with E-state index in [-0.39, 0.29) is 11.1 Å². The van der Waals surface area contributed by atoms with Crippen molar-refractivity contribution in [3.63, 3.8) is 0 Å². The second-order valence-corrected chi connectivity index (χ2v) is 8.30. The molecular weight excluding hydrogens is 434 g/mol. The first-order valence-electron chi connectivity index (χ1n) is 9.64. The Bertz CT molecular complexity index is 1320. The lowest BCUT2D eigenvalue weighted by atomic mass is 10.2. The second kappa shape index (κ2) is 9.31. The first kappa shape index (κ1) is 21.1. The van der Waals surface area contributed by atoms with Gasteiger partial charge >= 0.3 is 0 Å². The zero-order valence-corrected chi connectivity index (χ0v) is 18.0. The van der Waals surface area contributed by atoms with Gasteiger partial charge in [-0.05, 0) is 35.9 Å². The number of ether oxygens (including phenoxy) is 1. The highest BCUT2D eigenvalue weighted by atomic mass is 35.5. The average molecular weight is 452 g/mol. The number of nitriles is 1. The van der Waals surface area contributed by atoms with Crippen LogP contribution < -0.4 is 14.8 Å². The molecule has 0 atom stereocenters. The molecule has 6 nitrogen and oxygen atoms in total. The van der Waals surface area contributed by atoms with Crippen LogP contribution in [0.2, 0.25) is 5.02 Å². The SMILES string of the molecule is N#C/C(C(=O)N1CCOCC1)=c1/s/c(=C/c2ccccc2)c(=O)n1-c1ccc(Cl)cc1. The summed E-state index contributed by atoms with van der Waals surface area (Å²) in [5, 5.41) is 10.4. The summed E-state index contributed by atoms with van der Waals surface area (Å²) in [6.07, 6.45) is 1.76. The van der Waals surface area contributed by atoms with E-state index in [0.29, 0.717) is 46.2 Å². The van der Waals surface area contributed by atoms with Crippen molar-refractivity contribution < 1.29 is 9.53 Å². The maximum atomic E-state index is 13.3. The van der Waals surface area contributed by atoms with Gasteiger partial charge in [0.1, 0.15) is 10.7 Å². The van der Waals surface area contributed by atoms with Gasteiger partial charge in [-0.15, -0.1) is 11.3 Å². The molecule has 0 unspecified atom stereocenters. The molecule has 0 N–H and O–H groups in total. The van der Waals surface area contributed by atoms with Crippen LogP contribution in [0.3, 0.4) is 0 Å². The molecule has 0 radical (unpaired) electrons. The maximum absolute atomic E-state index is 13.3. The van der Waals surface area contributed by atoms with Crippen molar-refractivity contribution >= 4 is 40.5 Å². The molecule has 1 aromatic heterocycles. The van der Waals surface area contributed by atoms with Gasteiger partial charge in [-0.2, -0.15) is 5.26 Å². The summed E-state index contributed by atoms with van der Waals surface area (Å²) in [6, 6.07) is 18.2. The molecule has 0 bridgehead atoms. The van der Waals surface area contributed by atoms with Gasteiger partial charge in [0.15, 0.2) is 5.57 Å². The van der Waals surface area contributed by atoms with Crippen molar-refractivity contribution in [3.8, 4) is 11.8 Å². The quantitative estimate of drug-likeness (QED) is 0.609. The minimum atomic E-state index is -0.402. The maximum Gasteiger partial charge on any atom is 0.273 e. The molecule has 0 saturated carbocycles. The Balaban J connectivity index is 1.98. The van der Waals surface area contributed by atoms with E-state index in [4.69, 9.17) is 16.3 Å². The van der Waals surface area contributed by atoms with Crippen molar-refractivity contribution in [1.29, 1.82) is 5.26 Å². The van der Waals surface area contributed by atoms with Crippen LogP contribution in [0.1, 0.15) is 5.56 Å². The van der Waals surface area contributed by atoms with Crippen LogP contribution in [-0.2, 0) is 9.53 Å². The van der Waals surface area contributed by atoms with E-state index in [2.05, 4.69) is 0 Å². The van der Waals surface area contributed by atoms with Gasteiger partial charge in [-0.25, -0.2) is 0 Å². The Morgan fingerprint density at radius 3 is 2.42 bits per heavy atom. The fourth-order valence-corrected chi connectivity index (χ4v) is 4.51. The topological polar surface area (TPSA) is 75.3 Å². The lowest BCUT2D eigenvalue weighted by Crippen LogP contribution is -2.42. The molecule has 1 amide bonds. The predicted octanol–water partition coefficient (Wildman–Crippen LogP) is 1.91. The molecule has 156 valence electrons. The van der Waals surface area contributed by atoms with Crippen molar-refractivity contribution in [2.24, 2.45) is 0 Å². The highest BCUT2D eigenvalue weighted by molar-refractivity contribution is 7.07. The van der Waals surface area contributed by atoms with E-state index in [1.165, 1.54) is 4.57 Å². The Labute approximate surface area is 187 Å². The third-order valence-electron chi connectivity index (χ3n) is 4.84. The number of morpholine rings is 1. The monoisotopic (exact) mass is 451 g/mol. The number of thiazole rings is 1. The van der Waals surface area contributed by atoms with E-state index in [1.807, 2.05) is 36.4 Å². The molecule has 0 aliphatic carbocycles. The molecule has 0 spiro atoms. The Kier molecular flexibility index (Phi) is 6.33. The summed E-state index contributed by atoms with van der Waals surface area (Å²) >= 11 is 7.14. The van der Waals surface area contributed by atoms with Gasteiger partial charge in [0.05, 0.1) is 23.4 Å².